The number of aromatic amines is 1. The van der Waals surface area contributed by atoms with Gasteiger partial charge in [0.2, 0.25) is 0 Å². The summed E-state index contributed by atoms with van der Waals surface area (Å²) >= 11 is 1.67. The molecule has 1 atom stereocenters. The highest BCUT2D eigenvalue weighted by atomic mass is 32.2. The van der Waals surface area contributed by atoms with Gasteiger partial charge in [-0.1, -0.05) is 18.2 Å². The van der Waals surface area contributed by atoms with E-state index in [0.717, 1.165) is 23.9 Å². The highest BCUT2D eigenvalue weighted by Crippen LogP contribution is 2.20. The molecular formula is C12H22N4OS. The van der Waals surface area contributed by atoms with Gasteiger partial charge in [-0.3, -0.25) is 4.57 Å². The molecule has 1 aliphatic rings. The van der Waals surface area contributed by atoms with Crippen LogP contribution in [0.1, 0.15) is 45.6 Å². The summed E-state index contributed by atoms with van der Waals surface area (Å²) in [7, 11) is 0. The van der Waals surface area contributed by atoms with E-state index in [1.54, 1.807) is 16.3 Å². The maximum absolute atomic E-state index is 11.6. The number of H-pyrrole nitrogens is 1. The minimum absolute atomic E-state index is 0.108. The zero-order valence-electron chi connectivity index (χ0n) is 11.1. The van der Waals surface area contributed by atoms with Crippen molar-refractivity contribution in [3.8, 4) is 0 Å². The topological polar surface area (TPSA) is 62.7 Å². The highest BCUT2D eigenvalue weighted by Gasteiger charge is 2.15. The first-order chi connectivity index (χ1) is 8.68. The Hall–Kier alpha value is -0.750. The van der Waals surface area contributed by atoms with Crippen LogP contribution in [0.2, 0.25) is 0 Å². The smallest absolute Gasteiger partial charge is 0.314 e. The van der Waals surface area contributed by atoms with Gasteiger partial charge in [-0.25, -0.2) is 9.89 Å². The van der Waals surface area contributed by atoms with E-state index in [0.29, 0.717) is 6.04 Å². The van der Waals surface area contributed by atoms with Gasteiger partial charge < -0.3 is 5.32 Å². The van der Waals surface area contributed by atoms with Crippen molar-refractivity contribution < 1.29 is 0 Å². The fourth-order valence-electron chi connectivity index (χ4n) is 2.31. The molecule has 6 heteroatoms. The highest BCUT2D eigenvalue weighted by molar-refractivity contribution is 7.99. The minimum atomic E-state index is -0.108. The summed E-state index contributed by atoms with van der Waals surface area (Å²) in [5, 5.41) is 11.0. The first-order valence-electron chi connectivity index (χ1n) is 6.71. The minimum Gasteiger partial charge on any atom is -0.314 e. The molecule has 0 amide bonds. The van der Waals surface area contributed by atoms with E-state index in [1.165, 1.54) is 19.3 Å². The average Bonchev–Trinajstić information content (AvgIpc) is 2.72. The van der Waals surface area contributed by atoms with E-state index >= 15 is 0 Å². The number of hydrogen-bond acceptors (Lipinski definition) is 4. The lowest BCUT2D eigenvalue weighted by Gasteiger charge is -2.23. The lowest BCUT2D eigenvalue weighted by molar-refractivity contribution is 0.394. The summed E-state index contributed by atoms with van der Waals surface area (Å²) in [6.45, 7) is 5.15. The summed E-state index contributed by atoms with van der Waals surface area (Å²) in [6.07, 6.45) is 5.05. The van der Waals surface area contributed by atoms with Crippen LogP contribution >= 0.6 is 11.8 Å². The number of thioether (sulfide) groups is 1. The third-order valence-corrected chi connectivity index (χ3v) is 4.28. The van der Waals surface area contributed by atoms with E-state index in [9.17, 15) is 4.79 Å². The molecule has 2 heterocycles. The van der Waals surface area contributed by atoms with Crippen molar-refractivity contribution in [1.29, 1.82) is 0 Å². The second kappa shape index (κ2) is 6.43. The molecule has 0 aromatic carbocycles. The Morgan fingerprint density at radius 1 is 1.50 bits per heavy atom. The molecule has 1 aliphatic heterocycles. The maximum Gasteiger partial charge on any atom is 0.344 e. The van der Waals surface area contributed by atoms with Crippen LogP contribution in [0.5, 0.6) is 0 Å². The van der Waals surface area contributed by atoms with Crippen LogP contribution < -0.4 is 11.0 Å². The van der Waals surface area contributed by atoms with Crippen LogP contribution in [-0.2, 0) is 0 Å². The lowest BCUT2D eigenvalue weighted by Crippen LogP contribution is -2.34. The molecular weight excluding hydrogens is 248 g/mol. The Morgan fingerprint density at radius 2 is 2.33 bits per heavy atom. The van der Waals surface area contributed by atoms with Crippen LogP contribution in [0, 0.1) is 0 Å². The van der Waals surface area contributed by atoms with E-state index < -0.39 is 0 Å². The Morgan fingerprint density at radius 3 is 3.00 bits per heavy atom. The van der Waals surface area contributed by atoms with Crippen molar-refractivity contribution in [1.82, 2.24) is 20.1 Å². The normalized spacial score (nSPS) is 20.5. The number of aromatic nitrogens is 3. The molecule has 18 heavy (non-hydrogen) atoms. The Balaban J connectivity index is 1.84. The van der Waals surface area contributed by atoms with Gasteiger partial charge in [0.1, 0.15) is 0 Å². The van der Waals surface area contributed by atoms with E-state index in [4.69, 9.17) is 0 Å². The molecule has 2 N–H and O–H groups in total. The summed E-state index contributed by atoms with van der Waals surface area (Å²) in [5.41, 5.74) is -0.108. The van der Waals surface area contributed by atoms with Gasteiger partial charge >= 0.3 is 5.69 Å². The summed E-state index contributed by atoms with van der Waals surface area (Å²) < 4.78 is 1.72. The van der Waals surface area contributed by atoms with Crippen LogP contribution in [0.15, 0.2) is 9.95 Å². The zero-order valence-corrected chi connectivity index (χ0v) is 11.9. The zero-order chi connectivity index (χ0) is 13.0. The molecule has 1 saturated heterocycles. The van der Waals surface area contributed by atoms with Gasteiger partial charge in [0.05, 0.1) is 0 Å². The molecule has 5 nitrogen and oxygen atoms in total. The van der Waals surface area contributed by atoms with Crippen LogP contribution in [-0.4, -0.2) is 33.1 Å². The SMILES string of the molecule is CC(C)n1c(SCCC2CCCCN2)n[nH]c1=O. The Bertz CT molecular complexity index is 420. The number of piperidine rings is 1. The number of nitrogens with zero attached hydrogens (tertiary/aromatic N) is 2. The standard InChI is InChI=1S/C12H22N4OS/c1-9(2)16-11(17)14-15-12(16)18-8-6-10-5-3-4-7-13-10/h9-10,13H,3-8H2,1-2H3,(H,14,17). The van der Waals surface area contributed by atoms with Crippen molar-refractivity contribution in [2.24, 2.45) is 0 Å². The average molecular weight is 270 g/mol. The predicted molar refractivity (Wildman–Crippen MR) is 74.2 cm³/mol. The number of rotatable bonds is 5. The van der Waals surface area contributed by atoms with Crippen molar-refractivity contribution in [2.45, 2.75) is 56.8 Å². The molecule has 0 bridgehead atoms. The third-order valence-electron chi connectivity index (χ3n) is 3.30. The van der Waals surface area contributed by atoms with Crippen LogP contribution in [0.3, 0.4) is 0 Å². The van der Waals surface area contributed by atoms with Gasteiger partial charge in [0.25, 0.3) is 0 Å². The second-order valence-electron chi connectivity index (χ2n) is 5.06. The van der Waals surface area contributed by atoms with Crippen molar-refractivity contribution in [2.75, 3.05) is 12.3 Å². The van der Waals surface area contributed by atoms with Gasteiger partial charge in [-0.2, -0.15) is 0 Å². The van der Waals surface area contributed by atoms with Gasteiger partial charge in [-0.15, -0.1) is 5.10 Å². The molecule has 0 radical (unpaired) electrons. The molecule has 1 aromatic heterocycles. The van der Waals surface area contributed by atoms with E-state index in [2.05, 4.69) is 15.5 Å². The summed E-state index contributed by atoms with van der Waals surface area (Å²) in [4.78, 5) is 11.6. The van der Waals surface area contributed by atoms with E-state index in [1.807, 2.05) is 13.8 Å². The second-order valence-corrected chi connectivity index (χ2v) is 6.12. The van der Waals surface area contributed by atoms with Crippen molar-refractivity contribution in [3.05, 3.63) is 10.5 Å². The molecule has 1 fully saturated rings. The number of nitrogens with one attached hydrogen (secondary N) is 2. The Labute approximate surface area is 112 Å². The maximum atomic E-state index is 11.6. The van der Waals surface area contributed by atoms with E-state index in [-0.39, 0.29) is 11.7 Å². The largest absolute Gasteiger partial charge is 0.344 e. The lowest BCUT2D eigenvalue weighted by atomic mass is 10.0. The molecule has 1 aromatic rings. The molecule has 2 rings (SSSR count). The fourth-order valence-corrected chi connectivity index (χ4v) is 3.44. The molecule has 0 aliphatic carbocycles. The Kier molecular flexibility index (Phi) is 4.88. The first-order valence-corrected chi connectivity index (χ1v) is 7.70. The summed E-state index contributed by atoms with van der Waals surface area (Å²) in [6, 6.07) is 0.802. The van der Waals surface area contributed by atoms with Gasteiger partial charge in [-0.05, 0) is 39.7 Å². The fraction of sp³-hybridized carbons (Fsp3) is 0.833. The first kappa shape index (κ1) is 13.7. The molecule has 1 unspecified atom stereocenters. The van der Waals surface area contributed by atoms with Crippen molar-refractivity contribution in [3.63, 3.8) is 0 Å². The summed E-state index contributed by atoms with van der Waals surface area (Å²) in [5.74, 6) is 1.01. The molecule has 0 spiro atoms. The number of hydrogen-bond donors (Lipinski definition) is 2. The molecule has 0 saturated carbocycles. The monoisotopic (exact) mass is 270 g/mol. The predicted octanol–water partition coefficient (Wildman–Crippen LogP) is 1.78. The van der Waals surface area contributed by atoms with Crippen LogP contribution in [0.25, 0.3) is 0 Å². The van der Waals surface area contributed by atoms with Gasteiger partial charge in [0, 0.05) is 17.8 Å². The quantitative estimate of drug-likeness (QED) is 0.801. The van der Waals surface area contributed by atoms with Crippen molar-refractivity contribution >= 4 is 11.8 Å². The molecule has 102 valence electrons. The van der Waals surface area contributed by atoms with Crippen LogP contribution in [0.4, 0.5) is 0 Å². The van der Waals surface area contributed by atoms with Gasteiger partial charge in [0.15, 0.2) is 5.16 Å². The third kappa shape index (κ3) is 3.38.